The van der Waals surface area contributed by atoms with Gasteiger partial charge in [0.05, 0.1) is 12.1 Å². The zero-order valence-electron chi connectivity index (χ0n) is 11.3. The third-order valence-electron chi connectivity index (χ3n) is 4.42. The van der Waals surface area contributed by atoms with Gasteiger partial charge < -0.3 is 10.1 Å². The van der Waals surface area contributed by atoms with Crippen LogP contribution < -0.4 is 5.32 Å². The maximum Gasteiger partial charge on any atom is 0.0895 e. The second-order valence-electron chi connectivity index (χ2n) is 5.59. The first-order valence-electron chi connectivity index (χ1n) is 7.30. The van der Waals surface area contributed by atoms with Crippen LogP contribution in [0.15, 0.2) is 48.8 Å². The highest BCUT2D eigenvalue weighted by Crippen LogP contribution is 2.48. The third kappa shape index (κ3) is 1.90. The van der Waals surface area contributed by atoms with Gasteiger partial charge in [-0.2, -0.15) is 0 Å². The molecule has 0 amide bonds. The van der Waals surface area contributed by atoms with Gasteiger partial charge in [0.15, 0.2) is 0 Å². The second-order valence-corrected chi connectivity index (χ2v) is 5.59. The van der Waals surface area contributed by atoms with Crippen LogP contribution in [0.25, 0.3) is 0 Å². The Morgan fingerprint density at radius 3 is 3.00 bits per heavy atom. The molecule has 1 aromatic heterocycles. The lowest BCUT2D eigenvalue weighted by Gasteiger charge is -2.43. The van der Waals surface area contributed by atoms with E-state index in [1.54, 1.807) is 0 Å². The van der Waals surface area contributed by atoms with Crippen molar-refractivity contribution in [2.75, 3.05) is 11.9 Å². The van der Waals surface area contributed by atoms with E-state index in [9.17, 15) is 0 Å². The van der Waals surface area contributed by atoms with Crippen molar-refractivity contribution in [3.63, 3.8) is 0 Å². The quantitative estimate of drug-likeness (QED) is 0.854. The topological polar surface area (TPSA) is 34.2 Å². The van der Waals surface area contributed by atoms with Gasteiger partial charge in [-0.05, 0) is 30.5 Å². The molecule has 1 N–H and O–H groups in total. The number of para-hydroxylation sites is 1. The summed E-state index contributed by atoms with van der Waals surface area (Å²) in [6.45, 7) is 0.870. The number of nitrogens with zero attached hydrogens (tertiary/aromatic N) is 1. The number of fused-ring (bicyclic) bond motifs is 3. The lowest BCUT2D eigenvalue weighted by atomic mass is 9.78. The van der Waals surface area contributed by atoms with Crippen LogP contribution in [0.1, 0.15) is 36.1 Å². The van der Waals surface area contributed by atoms with E-state index in [1.807, 2.05) is 18.5 Å². The van der Waals surface area contributed by atoms with Crippen LogP contribution in [0.3, 0.4) is 0 Å². The summed E-state index contributed by atoms with van der Waals surface area (Å²) in [5.74, 6) is 0.489. The molecule has 2 aliphatic heterocycles. The van der Waals surface area contributed by atoms with Crippen molar-refractivity contribution in [2.45, 2.75) is 25.0 Å². The van der Waals surface area contributed by atoms with Crippen molar-refractivity contribution in [3.8, 4) is 0 Å². The van der Waals surface area contributed by atoms with E-state index < -0.39 is 0 Å². The Balaban J connectivity index is 1.78. The molecular formula is C17H18N2O. The number of benzene rings is 1. The Hall–Kier alpha value is -1.87. The first-order valence-corrected chi connectivity index (χ1v) is 7.30. The Morgan fingerprint density at radius 2 is 2.10 bits per heavy atom. The second kappa shape index (κ2) is 4.91. The average Bonchev–Trinajstić information content (AvgIpc) is 2.55. The van der Waals surface area contributed by atoms with Crippen LogP contribution in [-0.2, 0) is 4.74 Å². The van der Waals surface area contributed by atoms with E-state index in [0.29, 0.717) is 12.0 Å². The smallest absolute Gasteiger partial charge is 0.0895 e. The Kier molecular flexibility index (Phi) is 2.92. The molecule has 3 heteroatoms. The Morgan fingerprint density at radius 1 is 1.15 bits per heavy atom. The number of nitrogens with one attached hydrogen (secondary N) is 1. The number of anilines is 1. The van der Waals surface area contributed by atoms with Gasteiger partial charge in [0, 0.05) is 36.2 Å². The van der Waals surface area contributed by atoms with Gasteiger partial charge in [-0.3, -0.25) is 4.98 Å². The van der Waals surface area contributed by atoms with Gasteiger partial charge in [0.1, 0.15) is 0 Å². The van der Waals surface area contributed by atoms with E-state index in [1.165, 1.54) is 23.2 Å². The van der Waals surface area contributed by atoms with Crippen molar-refractivity contribution in [2.24, 2.45) is 5.92 Å². The average molecular weight is 266 g/mol. The first-order chi connectivity index (χ1) is 9.93. The zero-order valence-corrected chi connectivity index (χ0v) is 11.3. The van der Waals surface area contributed by atoms with Crippen molar-refractivity contribution in [1.82, 2.24) is 4.98 Å². The SMILES string of the molecule is c1cncc([C@@H]2Nc3ccccc3[C@H]3OCCC[C@H]32)c1. The number of pyridine rings is 1. The maximum atomic E-state index is 6.10. The van der Waals surface area contributed by atoms with Crippen LogP contribution in [0.2, 0.25) is 0 Å². The zero-order chi connectivity index (χ0) is 13.4. The number of hydrogen-bond acceptors (Lipinski definition) is 3. The van der Waals surface area contributed by atoms with Gasteiger partial charge in [-0.1, -0.05) is 24.3 Å². The number of rotatable bonds is 1. The molecule has 1 saturated heterocycles. The summed E-state index contributed by atoms with van der Waals surface area (Å²) in [5, 5.41) is 3.69. The monoisotopic (exact) mass is 266 g/mol. The van der Waals surface area contributed by atoms with Crippen molar-refractivity contribution in [3.05, 3.63) is 59.9 Å². The summed E-state index contributed by atoms with van der Waals surface area (Å²) in [6.07, 6.45) is 6.35. The fraction of sp³-hybridized carbons (Fsp3) is 0.353. The Labute approximate surface area is 119 Å². The molecule has 0 radical (unpaired) electrons. The summed E-state index contributed by atoms with van der Waals surface area (Å²) in [7, 11) is 0. The van der Waals surface area contributed by atoms with Crippen molar-refractivity contribution in [1.29, 1.82) is 0 Å². The molecule has 102 valence electrons. The molecule has 4 rings (SSSR count). The van der Waals surface area contributed by atoms with E-state index in [2.05, 4.69) is 40.6 Å². The minimum atomic E-state index is 0.214. The van der Waals surface area contributed by atoms with E-state index in [-0.39, 0.29) is 6.10 Å². The van der Waals surface area contributed by atoms with Crippen LogP contribution in [0, 0.1) is 5.92 Å². The molecule has 20 heavy (non-hydrogen) atoms. The van der Waals surface area contributed by atoms with Crippen molar-refractivity contribution >= 4 is 5.69 Å². The molecule has 0 unspecified atom stereocenters. The molecule has 0 aliphatic carbocycles. The summed E-state index contributed by atoms with van der Waals surface area (Å²) >= 11 is 0. The lowest BCUT2D eigenvalue weighted by molar-refractivity contribution is -0.0381. The molecule has 2 aromatic rings. The highest BCUT2D eigenvalue weighted by molar-refractivity contribution is 5.56. The predicted molar refractivity (Wildman–Crippen MR) is 78.5 cm³/mol. The minimum absolute atomic E-state index is 0.214. The molecule has 3 atom stereocenters. The highest BCUT2D eigenvalue weighted by Gasteiger charge is 2.39. The molecule has 3 heterocycles. The lowest BCUT2D eigenvalue weighted by Crippen LogP contribution is -2.35. The number of aromatic nitrogens is 1. The van der Waals surface area contributed by atoms with E-state index in [4.69, 9.17) is 4.74 Å². The van der Waals surface area contributed by atoms with Crippen molar-refractivity contribution < 1.29 is 4.74 Å². The Bertz CT molecular complexity index is 599. The molecular weight excluding hydrogens is 248 g/mol. The van der Waals surface area contributed by atoms with Gasteiger partial charge in [0.2, 0.25) is 0 Å². The molecule has 2 aliphatic rings. The van der Waals surface area contributed by atoms with Gasteiger partial charge in [0.25, 0.3) is 0 Å². The molecule has 3 nitrogen and oxygen atoms in total. The summed E-state index contributed by atoms with van der Waals surface area (Å²) in [5.41, 5.74) is 3.75. The van der Waals surface area contributed by atoms with Gasteiger partial charge in [-0.25, -0.2) is 0 Å². The summed E-state index contributed by atoms with van der Waals surface area (Å²) < 4.78 is 6.10. The van der Waals surface area contributed by atoms with Crippen LogP contribution >= 0.6 is 0 Å². The highest BCUT2D eigenvalue weighted by atomic mass is 16.5. The predicted octanol–water partition coefficient (Wildman–Crippen LogP) is 3.72. The largest absolute Gasteiger partial charge is 0.377 e. The molecule has 0 bridgehead atoms. The third-order valence-corrected chi connectivity index (χ3v) is 4.42. The maximum absolute atomic E-state index is 6.10. The normalized spacial score (nSPS) is 28.1. The van der Waals surface area contributed by atoms with E-state index >= 15 is 0 Å². The number of hydrogen-bond donors (Lipinski definition) is 1. The first kappa shape index (κ1) is 11.9. The molecule has 0 spiro atoms. The molecule has 1 fully saturated rings. The van der Waals surface area contributed by atoms with Crippen LogP contribution in [-0.4, -0.2) is 11.6 Å². The number of ether oxygens (including phenoxy) is 1. The standard InChI is InChI=1S/C17H18N2O/c1-2-8-15-13(6-1)17-14(7-4-10-20-17)16(19-15)12-5-3-9-18-11-12/h1-3,5-6,8-9,11,14,16-17,19H,4,7,10H2/t14-,16-,17+/m0/s1. The van der Waals surface area contributed by atoms with Gasteiger partial charge >= 0.3 is 0 Å². The molecule has 0 saturated carbocycles. The fourth-order valence-corrected chi connectivity index (χ4v) is 3.51. The van der Waals surface area contributed by atoms with Gasteiger partial charge in [-0.15, -0.1) is 0 Å². The minimum Gasteiger partial charge on any atom is -0.377 e. The van der Waals surface area contributed by atoms with Crippen LogP contribution in [0.4, 0.5) is 5.69 Å². The summed E-state index contributed by atoms with van der Waals surface area (Å²) in [6, 6.07) is 13.0. The fourth-order valence-electron chi connectivity index (χ4n) is 3.51. The van der Waals surface area contributed by atoms with Crippen LogP contribution in [0.5, 0.6) is 0 Å². The summed E-state index contributed by atoms with van der Waals surface area (Å²) in [4.78, 5) is 4.27. The molecule has 1 aromatic carbocycles. The van der Waals surface area contributed by atoms with E-state index in [0.717, 1.165) is 13.0 Å².